The summed E-state index contributed by atoms with van der Waals surface area (Å²) in [4.78, 5) is 53.8. The number of hydrogen-bond donors (Lipinski definition) is 2. The molecule has 1 fully saturated rings. The van der Waals surface area contributed by atoms with Crippen LogP contribution in [0.15, 0.2) is 66.7 Å². The van der Waals surface area contributed by atoms with Crippen molar-refractivity contribution in [3.8, 4) is 0 Å². The number of urea groups is 1. The molecule has 0 unspecified atom stereocenters. The van der Waals surface area contributed by atoms with Gasteiger partial charge in [-0.2, -0.15) is 0 Å². The molecule has 8 nitrogen and oxygen atoms in total. The normalized spacial score (nSPS) is 17.4. The maximum Gasteiger partial charge on any atom is 0.325 e. The molecule has 8 heteroatoms. The summed E-state index contributed by atoms with van der Waals surface area (Å²) in [5.74, 6) is -1.09. The van der Waals surface area contributed by atoms with Gasteiger partial charge in [0.25, 0.3) is 11.8 Å². The van der Waals surface area contributed by atoms with Gasteiger partial charge < -0.3 is 15.5 Å². The summed E-state index contributed by atoms with van der Waals surface area (Å²) in [6, 6.07) is 19.1. The highest BCUT2D eigenvalue weighted by atomic mass is 16.2. The third kappa shape index (κ3) is 4.47. The van der Waals surface area contributed by atoms with Crippen LogP contribution in [0.3, 0.4) is 0 Å². The smallest absolute Gasteiger partial charge is 0.325 e. The highest BCUT2D eigenvalue weighted by Gasteiger charge is 2.50. The zero-order chi connectivity index (χ0) is 25.2. The van der Waals surface area contributed by atoms with Crippen molar-refractivity contribution in [3.63, 3.8) is 0 Å². The minimum Gasteiger partial charge on any atom is -0.339 e. The van der Waals surface area contributed by atoms with Crippen LogP contribution in [-0.4, -0.2) is 53.2 Å². The quantitative estimate of drug-likeness (QED) is 0.512. The Morgan fingerprint density at radius 1 is 0.943 bits per heavy atom. The molecular weight excluding hydrogens is 444 g/mol. The van der Waals surface area contributed by atoms with Crippen LogP contribution in [0, 0.1) is 0 Å². The summed E-state index contributed by atoms with van der Waals surface area (Å²) >= 11 is 0. The second-order valence-corrected chi connectivity index (χ2v) is 8.58. The number of anilines is 1. The number of benzene rings is 3. The lowest BCUT2D eigenvalue weighted by Crippen LogP contribution is -2.42. The fraction of sp³-hybridized carbons (Fsp3) is 0.259. The van der Waals surface area contributed by atoms with Gasteiger partial charge in [-0.1, -0.05) is 42.5 Å². The van der Waals surface area contributed by atoms with Gasteiger partial charge in [0.15, 0.2) is 0 Å². The van der Waals surface area contributed by atoms with Crippen LogP contribution in [0.1, 0.15) is 36.7 Å². The number of nitrogens with zero attached hydrogens (tertiary/aromatic N) is 2. The molecule has 0 spiro atoms. The highest BCUT2D eigenvalue weighted by Crippen LogP contribution is 2.33. The molecule has 3 aromatic rings. The molecule has 0 aliphatic carbocycles. The molecule has 1 aliphatic heterocycles. The second kappa shape index (κ2) is 9.58. The minimum atomic E-state index is -1.29. The van der Waals surface area contributed by atoms with Crippen molar-refractivity contribution in [1.29, 1.82) is 0 Å². The largest absolute Gasteiger partial charge is 0.339 e. The number of hydrogen-bond acceptors (Lipinski definition) is 4. The van der Waals surface area contributed by atoms with E-state index in [4.69, 9.17) is 0 Å². The summed E-state index contributed by atoms with van der Waals surface area (Å²) < 4.78 is 0. The highest BCUT2D eigenvalue weighted by molar-refractivity contribution is 6.11. The Kier molecular flexibility index (Phi) is 6.55. The lowest BCUT2D eigenvalue weighted by Gasteiger charge is -2.24. The predicted octanol–water partition coefficient (Wildman–Crippen LogP) is 3.73. The molecule has 0 radical (unpaired) electrons. The monoisotopic (exact) mass is 472 g/mol. The maximum absolute atomic E-state index is 13.3. The van der Waals surface area contributed by atoms with E-state index in [0.29, 0.717) is 29.9 Å². The van der Waals surface area contributed by atoms with Crippen molar-refractivity contribution in [2.75, 3.05) is 25.0 Å². The third-order valence-electron chi connectivity index (χ3n) is 6.37. The minimum absolute atomic E-state index is 0.0834. The van der Waals surface area contributed by atoms with E-state index in [1.165, 1.54) is 0 Å². The maximum atomic E-state index is 13.3. The van der Waals surface area contributed by atoms with Crippen LogP contribution in [0.2, 0.25) is 0 Å². The number of imide groups is 1. The summed E-state index contributed by atoms with van der Waals surface area (Å²) in [6.07, 6.45) is 0. The fourth-order valence-electron chi connectivity index (χ4n) is 4.42. The van der Waals surface area contributed by atoms with Crippen molar-refractivity contribution >= 4 is 40.2 Å². The first-order chi connectivity index (χ1) is 16.8. The lowest BCUT2D eigenvalue weighted by molar-refractivity contribution is -0.133. The first-order valence-corrected chi connectivity index (χ1v) is 11.6. The first-order valence-electron chi connectivity index (χ1n) is 11.6. The number of carbonyl (C=O) groups excluding carboxylic acids is 4. The molecule has 1 saturated heterocycles. The van der Waals surface area contributed by atoms with Crippen LogP contribution in [0.25, 0.3) is 10.8 Å². The van der Waals surface area contributed by atoms with E-state index in [1.807, 2.05) is 56.3 Å². The summed E-state index contributed by atoms with van der Waals surface area (Å²) in [6.45, 7) is 6.27. The van der Waals surface area contributed by atoms with Crippen LogP contribution in [0.4, 0.5) is 10.5 Å². The van der Waals surface area contributed by atoms with E-state index < -0.39 is 29.9 Å². The average molecular weight is 473 g/mol. The number of rotatable bonds is 7. The third-order valence-corrected chi connectivity index (χ3v) is 6.37. The molecule has 1 aliphatic rings. The number of nitrogens with one attached hydrogen (secondary N) is 2. The van der Waals surface area contributed by atoms with Crippen molar-refractivity contribution in [3.05, 3.63) is 77.9 Å². The van der Waals surface area contributed by atoms with E-state index in [-0.39, 0.29) is 5.91 Å². The summed E-state index contributed by atoms with van der Waals surface area (Å²) in [5.41, 5.74) is 0.372. The molecule has 35 heavy (non-hydrogen) atoms. The average Bonchev–Trinajstić information content (AvgIpc) is 3.08. The van der Waals surface area contributed by atoms with Crippen LogP contribution >= 0.6 is 0 Å². The van der Waals surface area contributed by atoms with Gasteiger partial charge in [-0.25, -0.2) is 4.79 Å². The molecule has 0 bridgehead atoms. The number of carbonyl (C=O) groups is 4. The van der Waals surface area contributed by atoms with Crippen LogP contribution in [0.5, 0.6) is 0 Å². The van der Waals surface area contributed by atoms with E-state index in [1.54, 1.807) is 36.1 Å². The van der Waals surface area contributed by atoms with Gasteiger partial charge in [-0.3, -0.25) is 19.3 Å². The number of amides is 5. The fourth-order valence-corrected chi connectivity index (χ4v) is 4.42. The molecule has 0 aromatic heterocycles. The van der Waals surface area contributed by atoms with Crippen LogP contribution < -0.4 is 10.6 Å². The Balaban J connectivity index is 1.47. The van der Waals surface area contributed by atoms with Gasteiger partial charge in [0.2, 0.25) is 5.91 Å². The Hall–Kier alpha value is -4.20. The van der Waals surface area contributed by atoms with E-state index >= 15 is 0 Å². The predicted molar refractivity (Wildman–Crippen MR) is 134 cm³/mol. The van der Waals surface area contributed by atoms with E-state index in [2.05, 4.69) is 10.6 Å². The van der Waals surface area contributed by atoms with Gasteiger partial charge >= 0.3 is 6.03 Å². The summed E-state index contributed by atoms with van der Waals surface area (Å²) in [7, 11) is 0. The van der Waals surface area contributed by atoms with Gasteiger partial charge in [0, 0.05) is 24.3 Å². The number of fused-ring (bicyclic) bond motifs is 1. The first kappa shape index (κ1) is 23.9. The Labute approximate surface area is 203 Å². The molecule has 1 atom stereocenters. The van der Waals surface area contributed by atoms with Gasteiger partial charge in [0.05, 0.1) is 0 Å². The van der Waals surface area contributed by atoms with E-state index in [9.17, 15) is 19.2 Å². The molecule has 0 saturated carbocycles. The van der Waals surface area contributed by atoms with Crippen molar-refractivity contribution in [2.45, 2.75) is 26.3 Å². The topological polar surface area (TPSA) is 98.8 Å². The SMILES string of the molecule is CCN(CC)C(=O)c1ccc(NC(=O)CN2C(=O)N[C@@](C)(c3cccc4ccccc34)C2=O)cc1. The molecule has 1 heterocycles. The van der Waals surface area contributed by atoms with Crippen molar-refractivity contribution < 1.29 is 19.2 Å². The lowest BCUT2D eigenvalue weighted by atomic mass is 9.88. The van der Waals surface area contributed by atoms with E-state index in [0.717, 1.165) is 15.7 Å². The standard InChI is InChI=1S/C27H28N4O4/c1-4-30(5-2)24(33)19-13-15-20(16-14-19)28-23(32)17-31-25(34)27(3,29-26(31)35)22-12-8-10-18-9-6-7-11-21(18)22/h6-16H,4-5,17H2,1-3H3,(H,28,32)(H,29,35)/t27-/m0/s1. The molecule has 4 rings (SSSR count). The zero-order valence-corrected chi connectivity index (χ0v) is 20.0. The van der Waals surface area contributed by atoms with Crippen molar-refractivity contribution in [1.82, 2.24) is 15.1 Å². The molecule has 3 aromatic carbocycles. The Morgan fingerprint density at radius 3 is 2.29 bits per heavy atom. The Morgan fingerprint density at radius 2 is 1.60 bits per heavy atom. The summed E-state index contributed by atoms with van der Waals surface area (Å²) in [5, 5.41) is 7.27. The molecular formula is C27H28N4O4. The van der Waals surface area contributed by atoms with Crippen LogP contribution in [-0.2, 0) is 15.1 Å². The van der Waals surface area contributed by atoms with Gasteiger partial charge in [-0.05, 0) is 61.4 Å². The molecule has 180 valence electrons. The van der Waals surface area contributed by atoms with Crippen molar-refractivity contribution in [2.24, 2.45) is 0 Å². The molecule has 2 N–H and O–H groups in total. The zero-order valence-electron chi connectivity index (χ0n) is 20.0. The second-order valence-electron chi connectivity index (χ2n) is 8.58. The Bertz CT molecular complexity index is 1290. The van der Waals surface area contributed by atoms with Gasteiger partial charge in [0.1, 0.15) is 12.1 Å². The molecule has 5 amide bonds. The van der Waals surface area contributed by atoms with Gasteiger partial charge in [-0.15, -0.1) is 0 Å².